The second-order valence-electron chi connectivity index (χ2n) is 4.21. The van der Waals surface area contributed by atoms with Gasteiger partial charge in [0.1, 0.15) is 4.99 Å². The Morgan fingerprint density at radius 3 is 2.89 bits per heavy atom. The van der Waals surface area contributed by atoms with Crippen LogP contribution in [0.3, 0.4) is 0 Å². The summed E-state index contributed by atoms with van der Waals surface area (Å²) in [7, 11) is 1.90. The highest BCUT2D eigenvalue weighted by atomic mass is 35.5. The van der Waals surface area contributed by atoms with Crippen molar-refractivity contribution in [3.8, 4) is 0 Å². The van der Waals surface area contributed by atoms with Gasteiger partial charge in [-0.3, -0.25) is 4.68 Å². The molecule has 4 nitrogen and oxygen atoms in total. The molecule has 0 bridgehead atoms. The minimum Gasteiger partial charge on any atom is -0.389 e. The number of anilines is 1. The Kier molecular flexibility index (Phi) is 4.39. The third-order valence-corrected chi connectivity index (χ3v) is 3.17. The quantitative estimate of drug-likeness (QED) is 0.831. The van der Waals surface area contributed by atoms with E-state index in [9.17, 15) is 0 Å². The van der Waals surface area contributed by atoms with Gasteiger partial charge in [0.05, 0.1) is 5.69 Å². The van der Waals surface area contributed by atoms with Crippen LogP contribution in [-0.2, 0) is 13.5 Å². The number of thiocarbonyl (C=S) groups is 1. The van der Waals surface area contributed by atoms with Gasteiger partial charge < -0.3 is 11.1 Å². The maximum atomic E-state index is 5.98. The number of aryl methyl sites for hydroxylation is 1. The van der Waals surface area contributed by atoms with Crippen LogP contribution in [0, 0.1) is 0 Å². The molecule has 0 fully saturated rings. The fourth-order valence-electron chi connectivity index (χ4n) is 1.80. The van der Waals surface area contributed by atoms with Gasteiger partial charge in [0.15, 0.2) is 0 Å². The van der Waals surface area contributed by atoms with Gasteiger partial charge >= 0.3 is 0 Å². The number of hydrogen-bond donors (Lipinski definition) is 2. The summed E-state index contributed by atoms with van der Waals surface area (Å²) in [6.07, 6.45) is 2.75. The van der Waals surface area contributed by atoms with E-state index in [-0.39, 0.29) is 0 Å². The largest absolute Gasteiger partial charge is 0.389 e. The van der Waals surface area contributed by atoms with Crippen molar-refractivity contribution < 1.29 is 0 Å². The number of aromatic nitrogens is 2. The number of nitrogens with zero attached hydrogens (tertiary/aromatic N) is 2. The fraction of sp³-hybridized carbons (Fsp3) is 0.231. The lowest BCUT2D eigenvalue weighted by Crippen LogP contribution is -2.14. The van der Waals surface area contributed by atoms with E-state index in [0.29, 0.717) is 10.0 Å². The first kappa shape index (κ1) is 13.8. The summed E-state index contributed by atoms with van der Waals surface area (Å²) in [6.45, 7) is 0.743. The second-order valence-corrected chi connectivity index (χ2v) is 5.09. The summed E-state index contributed by atoms with van der Waals surface area (Å²) >= 11 is 11.0. The van der Waals surface area contributed by atoms with Gasteiger partial charge in [0.25, 0.3) is 0 Å². The Hall–Kier alpha value is -1.59. The monoisotopic (exact) mass is 294 g/mol. The third kappa shape index (κ3) is 3.68. The van der Waals surface area contributed by atoms with Gasteiger partial charge in [-0.25, -0.2) is 0 Å². The van der Waals surface area contributed by atoms with Crippen LogP contribution >= 0.6 is 23.8 Å². The van der Waals surface area contributed by atoms with Crippen LogP contribution in [0.1, 0.15) is 11.3 Å². The highest BCUT2D eigenvalue weighted by Gasteiger charge is 2.06. The molecular formula is C13H15ClN4S. The van der Waals surface area contributed by atoms with Crippen molar-refractivity contribution >= 4 is 34.5 Å². The highest BCUT2D eigenvalue weighted by Crippen LogP contribution is 2.21. The summed E-state index contributed by atoms with van der Waals surface area (Å²) in [5.74, 6) is 0. The molecule has 0 spiro atoms. The molecule has 0 aliphatic carbocycles. The predicted octanol–water partition coefficient (Wildman–Crippen LogP) is 2.36. The molecule has 0 aliphatic heterocycles. The molecule has 0 saturated heterocycles. The molecule has 0 atom stereocenters. The molecule has 100 valence electrons. The number of hydrogen-bond acceptors (Lipinski definition) is 3. The molecule has 1 aromatic heterocycles. The lowest BCUT2D eigenvalue weighted by atomic mass is 10.1. The normalized spacial score (nSPS) is 10.4. The molecule has 0 unspecified atom stereocenters. The molecule has 2 rings (SSSR count). The minimum absolute atomic E-state index is 0.358. The van der Waals surface area contributed by atoms with Crippen LogP contribution in [-0.4, -0.2) is 21.3 Å². The first-order valence-corrected chi connectivity index (χ1v) is 6.66. The van der Waals surface area contributed by atoms with Gasteiger partial charge in [-0.1, -0.05) is 23.8 Å². The van der Waals surface area contributed by atoms with Crippen molar-refractivity contribution in [3.05, 3.63) is 46.7 Å². The molecule has 1 aromatic carbocycles. The lowest BCUT2D eigenvalue weighted by molar-refractivity contribution is 0.742. The van der Waals surface area contributed by atoms with Gasteiger partial charge in [-0.2, -0.15) is 5.10 Å². The van der Waals surface area contributed by atoms with E-state index in [0.717, 1.165) is 29.9 Å². The van der Waals surface area contributed by atoms with Gasteiger partial charge in [0.2, 0.25) is 0 Å². The van der Waals surface area contributed by atoms with Crippen molar-refractivity contribution in [3.63, 3.8) is 0 Å². The topological polar surface area (TPSA) is 55.9 Å². The molecule has 19 heavy (non-hydrogen) atoms. The standard InChI is InChI=1S/C13H15ClN4S/c1-18-7-5-10(17-18)4-6-16-12-8-9(14)2-3-11(12)13(15)19/h2-3,5,7-8,16H,4,6H2,1H3,(H2,15,19). The Labute approximate surface area is 122 Å². The summed E-state index contributed by atoms with van der Waals surface area (Å²) in [5.41, 5.74) is 8.38. The van der Waals surface area contributed by atoms with E-state index >= 15 is 0 Å². The molecule has 2 aromatic rings. The van der Waals surface area contributed by atoms with Gasteiger partial charge in [-0.15, -0.1) is 0 Å². The Balaban J connectivity index is 2.02. The number of nitrogens with two attached hydrogens (primary N) is 1. The molecule has 1 heterocycles. The predicted molar refractivity (Wildman–Crippen MR) is 82.7 cm³/mol. The van der Waals surface area contributed by atoms with Crippen LogP contribution in [0.5, 0.6) is 0 Å². The smallest absolute Gasteiger partial charge is 0.106 e. The average molecular weight is 295 g/mol. The van der Waals surface area contributed by atoms with E-state index in [1.54, 1.807) is 10.7 Å². The number of nitrogens with one attached hydrogen (secondary N) is 1. The number of halogens is 1. The second kappa shape index (κ2) is 6.04. The Bertz CT molecular complexity index is 594. The molecule has 0 saturated carbocycles. The molecule has 3 N–H and O–H groups in total. The van der Waals surface area contributed by atoms with Crippen molar-refractivity contribution in [1.29, 1.82) is 0 Å². The van der Waals surface area contributed by atoms with Crippen LogP contribution in [0.15, 0.2) is 30.5 Å². The van der Waals surface area contributed by atoms with Crippen molar-refractivity contribution in [2.24, 2.45) is 12.8 Å². The van der Waals surface area contributed by atoms with Crippen LogP contribution in [0.2, 0.25) is 5.02 Å². The van der Waals surface area contributed by atoms with Gasteiger partial charge in [-0.05, 0) is 24.3 Å². The minimum atomic E-state index is 0.358. The summed E-state index contributed by atoms with van der Waals surface area (Å²) in [4.78, 5) is 0.358. The lowest BCUT2D eigenvalue weighted by Gasteiger charge is -2.11. The first-order valence-electron chi connectivity index (χ1n) is 5.88. The van der Waals surface area contributed by atoms with Crippen molar-refractivity contribution in [2.75, 3.05) is 11.9 Å². The molecule has 0 radical (unpaired) electrons. The van der Waals surface area contributed by atoms with Crippen LogP contribution in [0.4, 0.5) is 5.69 Å². The SMILES string of the molecule is Cn1ccc(CCNc2cc(Cl)ccc2C(N)=S)n1. The van der Waals surface area contributed by atoms with E-state index in [1.165, 1.54) is 0 Å². The first-order chi connectivity index (χ1) is 9.06. The van der Waals surface area contributed by atoms with Crippen molar-refractivity contribution in [2.45, 2.75) is 6.42 Å². The van der Waals surface area contributed by atoms with Crippen LogP contribution < -0.4 is 11.1 Å². The number of benzene rings is 1. The molecule has 0 amide bonds. The Morgan fingerprint density at radius 1 is 1.47 bits per heavy atom. The molecule has 0 aliphatic rings. The average Bonchev–Trinajstić information content (AvgIpc) is 2.75. The number of rotatable bonds is 5. The maximum absolute atomic E-state index is 5.98. The zero-order valence-corrected chi connectivity index (χ0v) is 12.1. The van der Waals surface area contributed by atoms with Crippen molar-refractivity contribution in [1.82, 2.24) is 9.78 Å². The zero-order chi connectivity index (χ0) is 13.8. The maximum Gasteiger partial charge on any atom is 0.106 e. The molecular weight excluding hydrogens is 280 g/mol. The van der Waals surface area contributed by atoms with Gasteiger partial charge in [0, 0.05) is 42.5 Å². The third-order valence-electron chi connectivity index (χ3n) is 2.71. The van der Waals surface area contributed by atoms with E-state index in [1.807, 2.05) is 31.4 Å². The van der Waals surface area contributed by atoms with E-state index in [2.05, 4.69) is 10.4 Å². The Morgan fingerprint density at radius 2 is 2.26 bits per heavy atom. The molecule has 6 heteroatoms. The summed E-state index contributed by atoms with van der Waals surface area (Å²) in [5, 5.41) is 8.26. The fourth-order valence-corrected chi connectivity index (χ4v) is 2.15. The summed E-state index contributed by atoms with van der Waals surface area (Å²) in [6, 6.07) is 7.43. The summed E-state index contributed by atoms with van der Waals surface area (Å²) < 4.78 is 1.79. The van der Waals surface area contributed by atoms with E-state index in [4.69, 9.17) is 29.6 Å². The zero-order valence-electron chi connectivity index (χ0n) is 10.6. The van der Waals surface area contributed by atoms with E-state index < -0.39 is 0 Å². The highest BCUT2D eigenvalue weighted by molar-refractivity contribution is 7.80. The van der Waals surface area contributed by atoms with Crippen LogP contribution in [0.25, 0.3) is 0 Å².